The molecular formula is C14H17F4NO2. The van der Waals surface area contributed by atoms with Gasteiger partial charge < -0.3 is 10.4 Å². The maximum absolute atomic E-state index is 13.1. The quantitative estimate of drug-likeness (QED) is 0.844. The van der Waals surface area contributed by atoms with Gasteiger partial charge in [0.2, 0.25) is 0 Å². The molecule has 0 aliphatic carbocycles. The molecule has 0 saturated heterocycles. The van der Waals surface area contributed by atoms with E-state index in [9.17, 15) is 27.5 Å². The summed E-state index contributed by atoms with van der Waals surface area (Å²) in [6.45, 7) is 5.15. The van der Waals surface area contributed by atoms with Crippen LogP contribution in [0.4, 0.5) is 17.6 Å². The molecule has 0 spiro atoms. The minimum absolute atomic E-state index is 0.110. The van der Waals surface area contributed by atoms with Crippen molar-refractivity contribution in [2.45, 2.75) is 33.1 Å². The number of halogens is 4. The van der Waals surface area contributed by atoms with Gasteiger partial charge in [-0.1, -0.05) is 20.8 Å². The lowest BCUT2D eigenvalue weighted by Gasteiger charge is -2.25. The van der Waals surface area contributed by atoms with E-state index in [1.807, 2.05) is 0 Å². The summed E-state index contributed by atoms with van der Waals surface area (Å²) in [5.41, 5.74) is -2.29. The summed E-state index contributed by atoms with van der Waals surface area (Å²) in [4.78, 5) is 11.8. The molecule has 0 bridgehead atoms. The molecule has 3 nitrogen and oxygen atoms in total. The molecule has 0 heterocycles. The number of hydrogen-bond acceptors (Lipinski definition) is 2. The lowest BCUT2D eigenvalue weighted by molar-refractivity contribution is -0.140. The van der Waals surface area contributed by atoms with E-state index in [0.29, 0.717) is 12.1 Å². The van der Waals surface area contributed by atoms with Crippen molar-refractivity contribution in [1.29, 1.82) is 0 Å². The van der Waals surface area contributed by atoms with E-state index in [4.69, 9.17) is 0 Å². The van der Waals surface area contributed by atoms with Gasteiger partial charge in [0, 0.05) is 12.1 Å². The third kappa shape index (κ3) is 4.70. The maximum atomic E-state index is 13.1. The molecule has 1 rings (SSSR count). The predicted octanol–water partition coefficient (Wildman–Crippen LogP) is 2.98. The van der Waals surface area contributed by atoms with Crippen molar-refractivity contribution in [1.82, 2.24) is 5.32 Å². The monoisotopic (exact) mass is 307 g/mol. The molecule has 1 aromatic rings. The van der Waals surface area contributed by atoms with E-state index in [1.165, 1.54) is 0 Å². The van der Waals surface area contributed by atoms with Gasteiger partial charge in [0.1, 0.15) is 5.82 Å². The number of rotatable bonds is 3. The summed E-state index contributed by atoms with van der Waals surface area (Å²) in [7, 11) is 0. The predicted molar refractivity (Wildman–Crippen MR) is 69.2 cm³/mol. The average molecular weight is 307 g/mol. The van der Waals surface area contributed by atoms with E-state index in [1.54, 1.807) is 20.8 Å². The Hall–Kier alpha value is -1.63. The topological polar surface area (TPSA) is 49.3 Å². The van der Waals surface area contributed by atoms with Crippen molar-refractivity contribution < 1.29 is 27.5 Å². The largest absolute Gasteiger partial charge is 0.419 e. The minimum atomic E-state index is -4.87. The van der Waals surface area contributed by atoms with Crippen LogP contribution in [-0.2, 0) is 6.18 Å². The van der Waals surface area contributed by atoms with Crippen LogP contribution in [0.15, 0.2) is 18.2 Å². The highest BCUT2D eigenvalue weighted by Crippen LogP contribution is 2.31. The fraction of sp³-hybridized carbons (Fsp3) is 0.500. The van der Waals surface area contributed by atoms with Gasteiger partial charge in [-0.3, -0.25) is 4.79 Å². The van der Waals surface area contributed by atoms with Crippen LogP contribution >= 0.6 is 0 Å². The van der Waals surface area contributed by atoms with E-state index in [0.717, 1.165) is 6.07 Å². The molecule has 0 saturated carbocycles. The maximum Gasteiger partial charge on any atom is 0.419 e. The Kier molecular flexibility index (Phi) is 4.99. The van der Waals surface area contributed by atoms with E-state index in [2.05, 4.69) is 5.32 Å². The molecule has 0 fully saturated rings. The molecule has 0 radical (unpaired) electrons. The van der Waals surface area contributed by atoms with Gasteiger partial charge in [-0.15, -0.1) is 0 Å². The number of aliphatic hydroxyl groups excluding tert-OH is 1. The summed E-state index contributed by atoms with van der Waals surface area (Å²) in [5, 5.41) is 12.1. The number of alkyl halides is 3. The average Bonchev–Trinajstić information content (AvgIpc) is 2.33. The van der Waals surface area contributed by atoms with Crippen LogP contribution in [-0.4, -0.2) is 23.7 Å². The zero-order valence-corrected chi connectivity index (χ0v) is 11.9. The van der Waals surface area contributed by atoms with Gasteiger partial charge in [0.15, 0.2) is 0 Å². The van der Waals surface area contributed by atoms with Crippen molar-refractivity contribution in [2.24, 2.45) is 5.41 Å². The summed E-state index contributed by atoms with van der Waals surface area (Å²) >= 11 is 0. The molecule has 1 aromatic carbocycles. The van der Waals surface area contributed by atoms with E-state index < -0.39 is 35.0 Å². The second-order valence-corrected chi connectivity index (χ2v) is 5.78. The molecule has 2 N–H and O–H groups in total. The highest BCUT2D eigenvalue weighted by atomic mass is 19.4. The zero-order valence-electron chi connectivity index (χ0n) is 11.9. The van der Waals surface area contributed by atoms with Crippen molar-refractivity contribution in [3.8, 4) is 0 Å². The van der Waals surface area contributed by atoms with Crippen molar-refractivity contribution in [3.05, 3.63) is 35.1 Å². The molecule has 7 heteroatoms. The minimum Gasteiger partial charge on any atom is -0.391 e. The van der Waals surface area contributed by atoms with Crippen molar-refractivity contribution in [2.75, 3.05) is 6.54 Å². The van der Waals surface area contributed by atoms with Crippen LogP contribution in [0.5, 0.6) is 0 Å². The summed E-state index contributed by atoms with van der Waals surface area (Å²) in [6.07, 6.45) is -5.73. The summed E-state index contributed by atoms with van der Waals surface area (Å²) in [6, 6.07) is 2.01. The third-order valence-corrected chi connectivity index (χ3v) is 2.99. The molecule has 1 amide bonds. The van der Waals surface area contributed by atoms with E-state index >= 15 is 0 Å². The first-order chi connectivity index (χ1) is 9.43. The molecule has 1 unspecified atom stereocenters. The van der Waals surface area contributed by atoms with Gasteiger partial charge in [0.05, 0.1) is 11.7 Å². The lowest BCUT2D eigenvalue weighted by atomic mass is 9.89. The second-order valence-electron chi connectivity index (χ2n) is 5.78. The molecule has 0 aromatic heterocycles. The first-order valence-electron chi connectivity index (χ1n) is 6.26. The molecular weight excluding hydrogens is 290 g/mol. The van der Waals surface area contributed by atoms with Gasteiger partial charge in [-0.2, -0.15) is 13.2 Å². The summed E-state index contributed by atoms with van der Waals surface area (Å²) in [5.74, 6) is -2.24. The molecule has 0 aliphatic heterocycles. The smallest absolute Gasteiger partial charge is 0.391 e. The Balaban J connectivity index is 2.85. The second kappa shape index (κ2) is 6.01. The van der Waals surface area contributed by atoms with Gasteiger partial charge in [-0.05, 0) is 23.6 Å². The number of carbonyl (C=O) groups excluding carboxylic acids is 1. The Labute approximate surface area is 120 Å². The van der Waals surface area contributed by atoms with Crippen LogP contribution in [0.25, 0.3) is 0 Å². The van der Waals surface area contributed by atoms with Crippen LogP contribution in [0.2, 0.25) is 0 Å². The normalized spacial score (nSPS) is 13.9. The van der Waals surface area contributed by atoms with Gasteiger partial charge in [0.25, 0.3) is 5.91 Å². The molecule has 21 heavy (non-hydrogen) atoms. The third-order valence-electron chi connectivity index (χ3n) is 2.99. The number of carbonyl (C=O) groups is 1. The SMILES string of the molecule is CC(C)(C)C(O)CNC(=O)c1ccc(F)c(C(F)(F)F)c1. The lowest BCUT2D eigenvalue weighted by Crippen LogP contribution is -2.39. The van der Waals surface area contributed by atoms with Crippen LogP contribution in [0.3, 0.4) is 0 Å². The number of nitrogens with one attached hydrogen (secondary N) is 1. The Bertz CT molecular complexity index is 521. The number of amides is 1. The highest BCUT2D eigenvalue weighted by molar-refractivity contribution is 5.94. The Morgan fingerprint density at radius 2 is 1.86 bits per heavy atom. The number of benzene rings is 1. The van der Waals surface area contributed by atoms with Gasteiger partial charge in [-0.25, -0.2) is 4.39 Å². The highest BCUT2D eigenvalue weighted by Gasteiger charge is 2.34. The van der Waals surface area contributed by atoms with E-state index in [-0.39, 0.29) is 12.1 Å². The number of hydrogen-bond donors (Lipinski definition) is 2. The fourth-order valence-electron chi connectivity index (χ4n) is 1.48. The molecule has 1 atom stereocenters. The zero-order chi connectivity index (χ0) is 16.4. The van der Waals surface area contributed by atoms with Crippen LogP contribution in [0, 0.1) is 11.2 Å². The standard InChI is InChI=1S/C14H17F4NO2/c1-13(2,3)11(20)7-19-12(21)8-4-5-10(15)9(6-8)14(16,17)18/h4-6,11,20H,7H2,1-3H3,(H,19,21). The van der Waals surface area contributed by atoms with Crippen LogP contribution < -0.4 is 5.32 Å². The number of aliphatic hydroxyl groups is 1. The van der Waals surface area contributed by atoms with Crippen molar-refractivity contribution >= 4 is 5.91 Å². The van der Waals surface area contributed by atoms with Crippen molar-refractivity contribution in [3.63, 3.8) is 0 Å². The first-order valence-corrected chi connectivity index (χ1v) is 6.26. The molecule has 0 aliphatic rings. The summed E-state index contributed by atoms with van der Waals surface area (Å²) < 4.78 is 50.8. The van der Waals surface area contributed by atoms with Gasteiger partial charge >= 0.3 is 6.18 Å². The fourth-order valence-corrected chi connectivity index (χ4v) is 1.48. The molecule has 118 valence electrons. The van der Waals surface area contributed by atoms with Crippen LogP contribution in [0.1, 0.15) is 36.7 Å². The Morgan fingerprint density at radius 1 is 1.29 bits per heavy atom. The Morgan fingerprint density at radius 3 is 2.33 bits per heavy atom. The first kappa shape index (κ1) is 17.4.